The van der Waals surface area contributed by atoms with E-state index < -0.39 is 0 Å². The van der Waals surface area contributed by atoms with Gasteiger partial charge in [-0.25, -0.2) is 0 Å². The van der Waals surface area contributed by atoms with Gasteiger partial charge in [-0.05, 0) is 31.0 Å². The molecule has 0 amide bonds. The zero-order valence-corrected chi connectivity index (χ0v) is 14.0. The van der Waals surface area contributed by atoms with Crippen LogP contribution in [0.5, 0.6) is 0 Å². The fourth-order valence-electron chi connectivity index (χ4n) is 3.78. The Kier molecular flexibility index (Phi) is 3.76. The third-order valence-corrected chi connectivity index (χ3v) is 5.20. The first-order valence-corrected chi connectivity index (χ1v) is 8.64. The quantitative estimate of drug-likeness (QED) is 0.884. The molecule has 6 heteroatoms. The molecule has 0 saturated carbocycles. The predicted molar refractivity (Wildman–Crippen MR) is 94.2 cm³/mol. The molecule has 0 bridgehead atoms. The summed E-state index contributed by atoms with van der Waals surface area (Å²) in [6.45, 7) is 5.67. The van der Waals surface area contributed by atoms with Crippen LogP contribution in [-0.4, -0.2) is 40.2 Å². The molecule has 0 aliphatic carbocycles. The summed E-state index contributed by atoms with van der Waals surface area (Å²) in [6, 6.07) is 8.00. The van der Waals surface area contributed by atoms with Crippen molar-refractivity contribution >= 4 is 17.4 Å². The van der Waals surface area contributed by atoms with Gasteiger partial charge in [-0.1, -0.05) is 25.1 Å². The van der Waals surface area contributed by atoms with Crippen LogP contribution in [-0.2, 0) is 13.0 Å². The number of likely N-dealkylation sites (N-methyl/N-ethyl adjacent to an activating group) is 1. The Balaban J connectivity index is 1.68. The number of para-hydroxylation sites is 1. The molecule has 2 aromatic rings. The number of nitrogens with zero attached hydrogens (tertiary/aromatic N) is 3. The third-order valence-electron chi connectivity index (χ3n) is 5.20. The van der Waals surface area contributed by atoms with Crippen molar-refractivity contribution in [1.82, 2.24) is 14.7 Å². The Bertz CT molecular complexity index is 782. The maximum absolute atomic E-state index is 13.1. The standard InChI is InChI=1S/C18H23N5O/c1-2-22-10-8-14-16(11-22)21-23(17(14)19)18(24)13-7-9-20-15-6-4-3-5-12(13)15/h3-6,13,20H,2,7-11,19H2,1H3. The number of carbonyl (C=O) groups excluding carboxylic acids is 1. The van der Waals surface area contributed by atoms with E-state index in [9.17, 15) is 4.79 Å². The molecule has 4 rings (SSSR count). The zero-order valence-electron chi connectivity index (χ0n) is 14.0. The smallest absolute Gasteiger partial charge is 0.256 e. The lowest BCUT2D eigenvalue weighted by Crippen LogP contribution is -2.30. The van der Waals surface area contributed by atoms with Gasteiger partial charge in [-0.2, -0.15) is 9.78 Å². The summed E-state index contributed by atoms with van der Waals surface area (Å²) < 4.78 is 1.45. The minimum atomic E-state index is -0.187. The van der Waals surface area contributed by atoms with E-state index in [1.54, 1.807) is 0 Å². The number of aromatic nitrogens is 2. The maximum atomic E-state index is 13.1. The van der Waals surface area contributed by atoms with Gasteiger partial charge in [-0.15, -0.1) is 0 Å². The highest BCUT2D eigenvalue weighted by molar-refractivity contribution is 5.90. The Labute approximate surface area is 141 Å². The largest absolute Gasteiger partial charge is 0.385 e. The normalized spacial score (nSPS) is 20.1. The van der Waals surface area contributed by atoms with Gasteiger partial charge in [0.15, 0.2) is 0 Å². The van der Waals surface area contributed by atoms with Crippen LogP contribution < -0.4 is 11.1 Å². The average molecular weight is 325 g/mol. The highest BCUT2D eigenvalue weighted by atomic mass is 16.2. The first kappa shape index (κ1) is 15.2. The van der Waals surface area contributed by atoms with Crippen molar-refractivity contribution in [3.63, 3.8) is 0 Å². The number of hydrogen-bond acceptors (Lipinski definition) is 5. The van der Waals surface area contributed by atoms with Crippen LogP contribution in [0.25, 0.3) is 0 Å². The van der Waals surface area contributed by atoms with Crippen LogP contribution >= 0.6 is 0 Å². The molecule has 1 unspecified atom stereocenters. The number of benzene rings is 1. The van der Waals surface area contributed by atoms with Gasteiger partial charge < -0.3 is 11.1 Å². The monoisotopic (exact) mass is 325 g/mol. The highest BCUT2D eigenvalue weighted by Crippen LogP contribution is 2.34. The van der Waals surface area contributed by atoms with Crippen molar-refractivity contribution in [3.05, 3.63) is 41.1 Å². The fourth-order valence-corrected chi connectivity index (χ4v) is 3.78. The Morgan fingerprint density at radius 3 is 3.08 bits per heavy atom. The van der Waals surface area contributed by atoms with Gasteiger partial charge in [-0.3, -0.25) is 9.69 Å². The molecule has 1 aromatic carbocycles. The number of fused-ring (bicyclic) bond motifs is 2. The molecule has 2 aliphatic heterocycles. The van der Waals surface area contributed by atoms with Gasteiger partial charge in [0.2, 0.25) is 0 Å². The molecular weight excluding hydrogens is 302 g/mol. The molecule has 0 saturated heterocycles. The number of carbonyl (C=O) groups is 1. The Morgan fingerprint density at radius 2 is 2.25 bits per heavy atom. The first-order chi connectivity index (χ1) is 11.7. The summed E-state index contributed by atoms with van der Waals surface area (Å²) >= 11 is 0. The topological polar surface area (TPSA) is 76.2 Å². The van der Waals surface area contributed by atoms with Crippen LogP contribution in [0.1, 0.15) is 40.9 Å². The number of nitrogens with two attached hydrogens (primary N) is 1. The lowest BCUT2D eigenvalue weighted by molar-refractivity contribution is 0.0858. The van der Waals surface area contributed by atoms with Crippen molar-refractivity contribution in [2.75, 3.05) is 30.7 Å². The van der Waals surface area contributed by atoms with E-state index in [2.05, 4.69) is 22.2 Å². The Morgan fingerprint density at radius 1 is 1.42 bits per heavy atom. The summed E-state index contributed by atoms with van der Waals surface area (Å²) in [5, 5.41) is 7.93. The van der Waals surface area contributed by atoms with Crippen LogP contribution in [0.3, 0.4) is 0 Å². The number of anilines is 2. The van der Waals surface area contributed by atoms with Gasteiger partial charge in [0.05, 0.1) is 11.6 Å². The second kappa shape index (κ2) is 5.94. The lowest BCUT2D eigenvalue weighted by atomic mass is 9.90. The van der Waals surface area contributed by atoms with E-state index in [-0.39, 0.29) is 11.8 Å². The molecular formula is C18H23N5O. The summed E-state index contributed by atoms with van der Waals surface area (Å²) in [7, 11) is 0. The number of nitrogens with one attached hydrogen (secondary N) is 1. The van der Waals surface area contributed by atoms with Crippen LogP contribution in [0, 0.1) is 0 Å². The summed E-state index contributed by atoms with van der Waals surface area (Å²) in [4.78, 5) is 15.5. The second-order valence-corrected chi connectivity index (χ2v) is 6.53. The molecule has 126 valence electrons. The predicted octanol–water partition coefficient (Wildman–Crippen LogP) is 2.08. The van der Waals surface area contributed by atoms with Crippen molar-refractivity contribution in [2.24, 2.45) is 0 Å². The van der Waals surface area contributed by atoms with Crippen LogP contribution in [0.2, 0.25) is 0 Å². The first-order valence-electron chi connectivity index (χ1n) is 8.64. The van der Waals surface area contributed by atoms with Gasteiger partial charge in [0.1, 0.15) is 5.82 Å². The lowest BCUT2D eigenvalue weighted by Gasteiger charge is -2.25. The van der Waals surface area contributed by atoms with Crippen molar-refractivity contribution < 1.29 is 4.79 Å². The van der Waals surface area contributed by atoms with Crippen molar-refractivity contribution in [3.8, 4) is 0 Å². The molecule has 3 N–H and O–H groups in total. The molecule has 24 heavy (non-hydrogen) atoms. The molecule has 3 heterocycles. The summed E-state index contributed by atoms with van der Waals surface area (Å²) in [5.74, 6) is 0.328. The summed E-state index contributed by atoms with van der Waals surface area (Å²) in [5.41, 5.74) is 10.4. The number of hydrogen-bond donors (Lipinski definition) is 2. The molecule has 2 aliphatic rings. The second-order valence-electron chi connectivity index (χ2n) is 6.53. The molecule has 1 aromatic heterocycles. The molecule has 6 nitrogen and oxygen atoms in total. The Hall–Kier alpha value is -2.34. The highest BCUT2D eigenvalue weighted by Gasteiger charge is 2.31. The fraction of sp³-hybridized carbons (Fsp3) is 0.444. The van der Waals surface area contributed by atoms with Gasteiger partial charge >= 0.3 is 0 Å². The minimum Gasteiger partial charge on any atom is -0.385 e. The third kappa shape index (κ3) is 2.38. The van der Waals surface area contributed by atoms with E-state index in [0.29, 0.717) is 5.82 Å². The van der Waals surface area contributed by atoms with E-state index >= 15 is 0 Å². The van der Waals surface area contributed by atoms with E-state index in [1.807, 2.05) is 24.3 Å². The van der Waals surface area contributed by atoms with Crippen molar-refractivity contribution in [1.29, 1.82) is 0 Å². The minimum absolute atomic E-state index is 0.0149. The number of nitrogen functional groups attached to an aromatic ring is 1. The zero-order chi connectivity index (χ0) is 16.7. The summed E-state index contributed by atoms with van der Waals surface area (Å²) in [6.07, 6.45) is 1.63. The average Bonchev–Trinajstić information content (AvgIpc) is 2.96. The van der Waals surface area contributed by atoms with E-state index in [4.69, 9.17) is 5.73 Å². The molecule has 1 atom stereocenters. The molecule has 0 fully saturated rings. The van der Waals surface area contributed by atoms with E-state index in [0.717, 1.165) is 61.5 Å². The maximum Gasteiger partial charge on any atom is 0.256 e. The SMILES string of the molecule is CCN1CCc2c(nn(C(=O)C3CCNc4ccccc43)c2N)C1. The van der Waals surface area contributed by atoms with Gasteiger partial charge in [0, 0.05) is 30.9 Å². The molecule has 0 spiro atoms. The number of rotatable bonds is 2. The van der Waals surface area contributed by atoms with Crippen LogP contribution in [0.4, 0.5) is 11.5 Å². The van der Waals surface area contributed by atoms with E-state index in [1.165, 1.54) is 4.68 Å². The molecule has 0 radical (unpaired) electrons. The van der Waals surface area contributed by atoms with Crippen LogP contribution in [0.15, 0.2) is 24.3 Å². The van der Waals surface area contributed by atoms with Crippen molar-refractivity contribution in [2.45, 2.75) is 32.2 Å². The van der Waals surface area contributed by atoms with Gasteiger partial charge in [0.25, 0.3) is 5.91 Å².